The Morgan fingerprint density at radius 3 is 2.44 bits per heavy atom. The summed E-state index contributed by atoms with van der Waals surface area (Å²) in [6.07, 6.45) is 6.26. The molecule has 4 fully saturated rings. The Bertz CT molecular complexity index is 2630. The number of piperidine rings is 2. The third-order valence-corrected chi connectivity index (χ3v) is 13.8. The van der Waals surface area contributed by atoms with E-state index < -0.39 is 11.9 Å². The highest BCUT2D eigenvalue weighted by molar-refractivity contribution is 6.33. The monoisotopic (exact) mass is 955 g/mol. The Balaban J connectivity index is 0.00000203. The number of imide groups is 1. The van der Waals surface area contributed by atoms with Crippen LogP contribution in [0.1, 0.15) is 94.4 Å². The number of pyridine rings is 2. The molecule has 68 heavy (non-hydrogen) atoms. The number of carbonyl (C=O) groups excluding carboxylic acids is 4. The van der Waals surface area contributed by atoms with Gasteiger partial charge in [-0.25, -0.2) is 9.97 Å². The van der Waals surface area contributed by atoms with Crippen LogP contribution in [0.5, 0.6) is 5.75 Å². The van der Waals surface area contributed by atoms with Gasteiger partial charge in [-0.3, -0.25) is 39.0 Å². The number of amides is 4. The molecule has 9 rings (SSSR count). The molecule has 4 amide bonds. The minimum atomic E-state index is -0.679. The number of nitrogens with one attached hydrogen (secondary N) is 3. The summed E-state index contributed by atoms with van der Waals surface area (Å²) in [6.45, 7) is 11.6. The number of hydrogen-bond acceptors (Lipinski definition) is 15. The van der Waals surface area contributed by atoms with Gasteiger partial charge in [-0.05, 0) is 96.2 Å². The third kappa shape index (κ3) is 9.93. The number of ether oxygens (including phenoxy) is 2. The second-order valence-corrected chi connectivity index (χ2v) is 18.6. The highest BCUT2D eigenvalue weighted by Gasteiger charge is 2.45. The molecular weight excluding hydrogens is 898 g/mol. The van der Waals surface area contributed by atoms with Gasteiger partial charge in [0.25, 0.3) is 23.8 Å². The van der Waals surface area contributed by atoms with Crippen LogP contribution in [0.2, 0.25) is 5.02 Å². The van der Waals surface area contributed by atoms with Crippen LogP contribution in [-0.2, 0) is 23.9 Å². The molecule has 21 heteroatoms. The van der Waals surface area contributed by atoms with Crippen molar-refractivity contribution in [3.8, 4) is 5.75 Å². The summed E-state index contributed by atoms with van der Waals surface area (Å²) in [5.41, 5.74) is 2.34. The maximum atomic E-state index is 13.4. The van der Waals surface area contributed by atoms with E-state index in [-0.39, 0.29) is 78.9 Å². The largest absolute Gasteiger partial charge is 0.483 e. The van der Waals surface area contributed by atoms with Crippen LogP contribution in [0.25, 0.3) is 10.9 Å². The number of halogens is 1. The van der Waals surface area contributed by atoms with Crippen molar-refractivity contribution in [2.24, 2.45) is 0 Å². The molecule has 3 saturated heterocycles. The van der Waals surface area contributed by atoms with Crippen LogP contribution in [0.15, 0.2) is 47.4 Å². The lowest BCUT2D eigenvalue weighted by molar-refractivity contribution is -0.137. The average molecular weight is 957 g/mol. The summed E-state index contributed by atoms with van der Waals surface area (Å²) in [5, 5.41) is 16.2. The first-order chi connectivity index (χ1) is 32.7. The summed E-state index contributed by atoms with van der Waals surface area (Å²) in [4.78, 5) is 94.2. The van der Waals surface area contributed by atoms with Crippen LogP contribution in [0, 0.1) is 0 Å². The van der Waals surface area contributed by atoms with Crippen molar-refractivity contribution in [3.05, 3.63) is 69.2 Å². The fraction of sp³-hybridized carbons (Fsp3) is 0.511. The van der Waals surface area contributed by atoms with Crippen LogP contribution in [0.3, 0.4) is 0 Å². The molecule has 1 saturated carbocycles. The Hall–Kier alpha value is -6.38. The van der Waals surface area contributed by atoms with Gasteiger partial charge < -0.3 is 44.5 Å². The number of anilines is 4. The molecule has 7 heterocycles. The van der Waals surface area contributed by atoms with Gasteiger partial charge in [0.05, 0.1) is 41.2 Å². The van der Waals surface area contributed by atoms with E-state index in [9.17, 15) is 24.0 Å². The smallest absolute Gasteiger partial charge is 0.293 e. The van der Waals surface area contributed by atoms with Crippen molar-refractivity contribution >= 4 is 75.9 Å². The number of piperazine rings is 1. The molecule has 0 radical (unpaired) electrons. The first-order valence-corrected chi connectivity index (χ1v) is 23.5. The van der Waals surface area contributed by atoms with Crippen LogP contribution in [-0.4, -0.2) is 141 Å². The van der Waals surface area contributed by atoms with Crippen LogP contribution in [0.4, 0.5) is 23.3 Å². The van der Waals surface area contributed by atoms with Gasteiger partial charge in [-0.2, -0.15) is 4.98 Å². The second-order valence-electron chi connectivity index (χ2n) is 18.2. The number of nitrogens with zero attached hydrogens (tertiary/aromatic N) is 8. The second kappa shape index (κ2) is 20.5. The molecule has 1 aromatic carbocycles. The van der Waals surface area contributed by atoms with Crippen LogP contribution >= 0.6 is 11.6 Å². The predicted octanol–water partition coefficient (Wildman–Crippen LogP) is 4.04. The highest BCUT2D eigenvalue weighted by Crippen LogP contribution is 2.38. The van der Waals surface area contributed by atoms with Gasteiger partial charge in [0.15, 0.2) is 18.2 Å². The lowest BCUT2D eigenvalue weighted by atomic mass is 9.86. The molecule has 5 aliphatic rings. The zero-order valence-corrected chi connectivity index (χ0v) is 39.6. The molecule has 3 aromatic heterocycles. The number of carboxylic acid groups (broad SMARTS) is 1. The molecular formula is C47H58ClN11O9. The van der Waals surface area contributed by atoms with Crippen molar-refractivity contribution in [2.75, 3.05) is 61.5 Å². The number of fused-ring (bicyclic) bond motifs is 2. The van der Waals surface area contributed by atoms with Gasteiger partial charge >= 0.3 is 0 Å². The van der Waals surface area contributed by atoms with Gasteiger partial charge in [-0.1, -0.05) is 11.6 Å². The normalized spacial score (nSPS) is 23.1. The van der Waals surface area contributed by atoms with E-state index in [0.717, 1.165) is 75.1 Å². The molecule has 3 atom stereocenters. The maximum Gasteiger partial charge on any atom is 0.293 e. The van der Waals surface area contributed by atoms with Gasteiger partial charge in [0, 0.05) is 75.4 Å². The molecule has 0 spiro atoms. The van der Waals surface area contributed by atoms with Gasteiger partial charge in [0.2, 0.25) is 17.8 Å². The Morgan fingerprint density at radius 1 is 1.00 bits per heavy atom. The standard InChI is InChI=1S/C46H56ClN11O7.CH2O2/c1-25(2)57-35-8-6-29(18-28(35)19-37(45(57)63)64-24-40(60)48-5)50-42-34(47)22-49-46(53-42)54-14-12-31(13-15-54)65-32-20-30(21-32)55-16-17-56(26(3)23-55)38-10-7-33-41(51-38)27(4)58(44(33)62)36-9-11-39(59)52-43(36)61;2-1-3/h6-8,10,18-19,22,25-27,30-32,36H,9,11-17,20-21,23-24H2,1-5H3,(H,48,60)(H,49,50,53)(H,52,59,61);1H,(H,2,3)/t26-,27?,30?,32?,36?;/m1./s1. The molecule has 4 aromatic rings. The number of aromatic nitrogens is 4. The minimum Gasteiger partial charge on any atom is -0.483 e. The molecule has 362 valence electrons. The summed E-state index contributed by atoms with van der Waals surface area (Å²) in [7, 11) is 1.51. The van der Waals surface area contributed by atoms with E-state index in [1.165, 1.54) is 7.05 Å². The van der Waals surface area contributed by atoms with E-state index in [2.05, 4.69) is 42.6 Å². The SMILES string of the molecule is CNC(=O)COc1cc2cc(Nc3nc(N4CCC(OC5CC(N6CCN(c7ccc8c(n7)C(C)N(C7CCC(=O)NC7=O)C8=O)[C@H](C)C6)C5)CC4)ncc3Cl)ccc2n(C(C)C)c1=O.O=CO. The maximum absolute atomic E-state index is 13.4. The Morgan fingerprint density at radius 2 is 1.75 bits per heavy atom. The van der Waals surface area contributed by atoms with E-state index in [1.54, 1.807) is 21.7 Å². The summed E-state index contributed by atoms with van der Waals surface area (Å²) >= 11 is 6.61. The van der Waals surface area contributed by atoms with E-state index in [4.69, 9.17) is 40.9 Å². The fourth-order valence-corrected chi connectivity index (χ4v) is 10.1. The molecule has 0 bridgehead atoms. The third-order valence-electron chi connectivity index (χ3n) is 13.5. The first kappa shape index (κ1) is 48.1. The van der Waals surface area contributed by atoms with Crippen molar-refractivity contribution in [3.63, 3.8) is 0 Å². The van der Waals surface area contributed by atoms with Gasteiger partial charge in [0.1, 0.15) is 16.9 Å². The minimum absolute atomic E-state index is 0.0915. The lowest BCUT2D eigenvalue weighted by Crippen LogP contribution is -2.59. The number of benzene rings is 1. The van der Waals surface area contributed by atoms with Crippen molar-refractivity contribution in [1.29, 1.82) is 0 Å². The van der Waals surface area contributed by atoms with E-state index in [0.29, 0.717) is 46.2 Å². The van der Waals surface area contributed by atoms with Crippen molar-refractivity contribution in [1.82, 2.24) is 40.0 Å². The average Bonchev–Trinajstić information content (AvgIpc) is 3.55. The number of carbonyl (C=O) groups is 5. The molecule has 20 nitrogen and oxygen atoms in total. The topological polar surface area (TPSA) is 234 Å². The van der Waals surface area contributed by atoms with E-state index >= 15 is 0 Å². The van der Waals surface area contributed by atoms with Gasteiger partial charge in [-0.15, -0.1) is 0 Å². The summed E-state index contributed by atoms with van der Waals surface area (Å²) in [5.74, 6) is 0.703. The molecule has 2 unspecified atom stereocenters. The number of hydrogen-bond donors (Lipinski definition) is 4. The molecule has 1 aliphatic carbocycles. The highest BCUT2D eigenvalue weighted by atomic mass is 35.5. The zero-order chi connectivity index (χ0) is 48.4. The number of rotatable bonds is 12. The Kier molecular flexibility index (Phi) is 14.5. The van der Waals surface area contributed by atoms with Crippen molar-refractivity contribution < 1.29 is 38.6 Å². The summed E-state index contributed by atoms with van der Waals surface area (Å²) < 4.78 is 13.9. The quantitative estimate of drug-likeness (QED) is 0.116. The summed E-state index contributed by atoms with van der Waals surface area (Å²) in [6, 6.07) is 10.6. The first-order valence-electron chi connectivity index (χ1n) is 23.2. The lowest BCUT2D eigenvalue weighted by Gasteiger charge is -2.49. The fourth-order valence-electron chi connectivity index (χ4n) is 9.96. The van der Waals surface area contributed by atoms with Crippen molar-refractivity contribution in [2.45, 2.75) is 109 Å². The van der Waals surface area contributed by atoms with E-state index in [1.807, 2.05) is 51.1 Å². The van der Waals surface area contributed by atoms with Crippen LogP contribution < -0.4 is 36.0 Å². The predicted molar refractivity (Wildman–Crippen MR) is 254 cm³/mol. The molecule has 4 N–H and O–H groups in total. The molecule has 4 aliphatic heterocycles. The number of likely N-dealkylation sites (N-methyl/N-ethyl adjacent to an activating group) is 1. The Labute approximate surface area is 398 Å². The zero-order valence-electron chi connectivity index (χ0n) is 38.8.